The number of aryl methyl sites for hydroxylation is 1. The molecule has 1 atom stereocenters. The van der Waals surface area contributed by atoms with Crippen LogP contribution >= 0.6 is 0 Å². The fourth-order valence-electron chi connectivity index (χ4n) is 3.96. The summed E-state index contributed by atoms with van der Waals surface area (Å²) in [6, 6.07) is 8.50. The van der Waals surface area contributed by atoms with Crippen molar-refractivity contribution in [2.24, 2.45) is 12.0 Å². The highest BCUT2D eigenvalue weighted by atomic mass is 16.5. The fourth-order valence-corrected chi connectivity index (χ4v) is 3.96. The first kappa shape index (κ1) is 24.0. The normalized spacial score (nSPS) is 15.7. The van der Waals surface area contributed by atoms with Crippen LogP contribution in [0.4, 0.5) is 0 Å². The maximum atomic E-state index is 5.67. The molecule has 2 aromatic rings. The quantitative estimate of drug-likeness (QED) is 0.312. The second-order valence-electron chi connectivity index (χ2n) is 8.04. The lowest BCUT2D eigenvalue weighted by Gasteiger charge is -2.30. The summed E-state index contributed by atoms with van der Waals surface area (Å²) in [5.41, 5.74) is 1.20. The Hall–Kier alpha value is -2.65. The standard InChI is InChI=1S/C23H37N7O2/c1-18-27-28-22(29(18)2)17-26-23(24-12-9-15-31-3)25-16-20(30-13-7-8-14-30)19-10-5-6-11-21(19)32-4/h5-6,10-11,20H,7-9,12-17H2,1-4H3,(H2,24,25,26). The molecule has 1 aromatic carbocycles. The van der Waals surface area contributed by atoms with Crippen LogP contribution in [-0.4, -0.2) is 72.6 Å². The molecule has 2 heterocycles. The largest absolute Gasteiger partial charge is 0.496 e. The Morgan fingerprint density at radius 3 is 2.62 bits per heavy atom. The number of guanidine groups is 1. The number of benzene rings is 1. The van der Waals surface area contributed by atoms with Gasteiger partial charge in [-0.2, -0.15) is 0 Å². The number of para-hydroxylation sites is 1. The lowest BCUT2D eigenvalue weighted by atomic mass is 10.0. The van der Waals surface area contributed by atoms with Crippen LogP contribution in [0.2, 0.25) is 0 Å². The van der Waals surface area contributed by atoms with Crippen molar-refractivity contribution in [2.45, 2.75) is 38.8 Å². The highest BCUT2D eigenvalue weighted by Gasteiger charge is 2.26. The van der Waals surface area contributed by atoms with Gasteiger partial charge in [0.1, 0.15) is 18.1 Å². The predicted octanol–water partition coefficient (Wildman–Crippen LogP) is 2.04. The molecule has 0 radical (unpaired) electrons. The summed E-state index contributed by atoms with van der Waals surface area (Å²) in [7, 11) is 5.42. The van der Waals surface area contributed by atoms with Gasteiger partial charge in [-0.15, -0.1) is 10.2 Å². The summed E-state index contributed by atoms with van der Waals surface area (Å²) < 4.78 is 12.8. The van der Waals surface area contributed by atoms with Gasteiger partial charge in [0.2, 0.25) is 0 Å². The van der Waals surface area contributed by atoms with Crippen LogP contribution in [0.5, 0.6) is 5.75 Å². The number of ether oxygens (including phenoxy) is 2. The van der Waals surface area contributed by atoms with Crippen molar-refractivity contribution in [3.05, 3.63) is 41.5 Å². The van der Waals surface area contributed by atoms with E-state index in [1.807, 2.05) is 30.7 Å². The Kier molecular flexibility index (Phi) is 9.30. The molecule has 1 unspecified atom stereocenters. The van der Waals surface area contributed by atoms with Gasteiger partial charge < -0.3 is 24.7 Å². The summed E-state index contributed by atoms with van der Waals surface area (Å²) in [5.74, 6) is 3.40. The molecule has 1 aliphatic heterocycles. The number of nitrogens with zero attached hydrogens (tertiary/aromatic N) is 5. The monoisotopic (exact) mass is 443 g/mol. The minimum absolute atomic E-state index is 0.205. The predicted molar refractivity (Wildman–Crippen MR) is 126 cm³/mol. The van der Waals surface area contributed by atoms with Crippen molar-refractivity contribution in [3.63, 3.8) is 0 Å². The van der Waals surface area contributed by atoms with Gasteiger partial charge in [0, 0.05) is 39.4 Å². The number of aromatic nitrogens is 3. The van der Waals surface area contributed by atoms with E-state index >= 15 is 0 Å². The van der Waals surface area contributed by atoms with Gasteiger partial charge in [0.05, 0.1) is 13.2 Å². The van der Waals surface area contributed by atoms with Crippen molar-refractivity contribution >= 4 is 5.96 Å². The van der Waals surface area contributed by atoms with Crippen LogP contribution in [0, 0.1) is 6.92 Å². The molecule has 9 nitrogen and oxygen atoms in total. The van der Waals surface area contributed by atoms with Crippen LogP contribution in [0.15, 0.2) is 29.3 Å². The third-order valence-corrected chi connectivity index (χ3v) is 5.92. The molecule has 0 aliphatic carbocycles. The first-order valence-corrected chi connectivity index (χ1v) is 11.4. The van der Waals surface area contributed by atoms with Crippen LogP contribution in [-0.2, 0) is 18.3 Å². The van der Waals surface area contributed by atoms with E-state index in [1.165, 1.54) is 18.4 Å². The number of hydrogen-bond acceptors (Lipinski definition) is 6. The third-order valence-electron chi connectivity index (χ3n) is 5.92. The van der Waals surface area contributed by atoms with Crippen molar-refractivity contribution in [1.82, 2.24) is 30.3 Å². The summed E-state index contributed by atoms with van der Waals surface area (Å²) in [4.78, 5) is 7.31. The van der Waals surface area contributed by atoms with Crippen LogP contribution in [0.3, 0.4) is 0 Å². The van der Waals surface area contributed by atoms with Gasteiger partial charge in [-0.3, -0.25) is 4.90 Å². The second kappa shape index (κ2) is 12.4. The van der Waals surface area contributed by atoms with Crippen molar-refractivity contribution in [1.29, 1.82) is 0 Å². The van der Waals surface area contributed by atoms with E-state index in [2.05, 4.69) is 37.9 Å². The van der Waals surface area contributed by atoms with Crippen molar-refractivity contribution in [3.8, 4) is 5.75 Å². The Morgan fingerprint density at radius 2 is 1.94 bits per heavy atom. The molecule has 1 aromatic heterocycles. The topological polar surface area (TPSA) is 88.8 Å². The molecule has 0 amide bonds. The van der Waals surface area contributed by atoms with E-state index < -0.39 is 0 Å². The average molecular weight is 444 g/mol. The number of rotatable bonds is 11. The van der Waals surface area contributed by atoms with Gasteiger partial charge >= 0.3 is 0 Å². The molecular weight excluding hydrogens is 406 g/mol. The number of likely N-dealkylation sites (tertiary alicyclic amines) is 1. The Bertz CT molecular complexity index is 862. The molecule has 3 rings (SSSR count). The van der Waals surface area contributed by atoms with E-state index in [9.17, 15) is 0 Å². The third kappa shape index (κ3) is 6.43. The van der Waals surface area contributed by atoms with E-state index in [-0.39, 0.29) is 6.04 Å². The lowest BCUT2D eigenvalue weighted by Crippen LogP contribution is -2.43. The van der Waals surface area contributed by atoms with Crippen LogP contribution < -0.4 is 15.4 Å². The maximum Gasteiger partial charge on any atom is 0.191 e. The van der Waals surface area contributed by atoms with Gasteiger partial charge in [0.15, 0.2) is 11.8 Å². The average Bonchev–Trinajstić information content (AvgIpc) is 3.46. The summed E-state index contributed by atoms with van der Waals surface area (Å²) in [5, 5.41) is 15.4. The zero-order chi connectivity index (χ0) is 22.8. The molecule has 2 N–H and O–H groups in total. The van der Waals surface area contributed by atoms with Gasteiger partial charge in [-0.1, -0.05) is 18.2 Å². The molecule has 176 valence electrons. The van der Waals surface area contributed by atoms with Crippen LogP contribution in [0.1, 0.15) is 42.5 Å². The summed E-state index contributed by atoms with van der Waals surface area (Å²) in [6.07, 6.45) is 3.36. The summed E-state index contributed by atoms with van der Waals surface area (Å²) >= 11 is 0. The van der Waals surface area contributed by atoms with E-state index in [0.29, 0.717) is 13.2 Å². The number of nitrogens with one attached hydrogen (secondary N) is 2. The highest BCUT2D eigenvalue weighted by molar-refractivity contribution is 5.79. The molecule has 0 spiro atoms. The lowest BCUT2D eigenvalue weighted by molar-refractivity contribution is 0.195. The zero-order valence-corrected chi connectivity index (χ0v) is 19.8. The van der Waals surface area contributed by atoms with E-state index in [0.717, 1.165) is 56.0 Å². The molecule has 32 heavy (non-hydrogen) atoms. The first-order valence-electron chi connectivity index (χ1n) is 11.4. The van der Waals surface area contributed by atoms with Crippen molar-refractivity contribution in [2.75, 3.05) is 47.0 Å². The second-order valence-corrected chi connectivity index (χ2v) is 8.04. The maximum absolute atomic E-state index is 5.67. The van der Waals surface area contributed by atoms with Crippen LogP contribution in [0.25, 0.3) is 0 Å². The SMILES string of the molecule is COCCCNC(=NCc1nnc(C)n1C)NCC(c1ccccc1OC)N1CCCC1. The van der Waals surface area contributed by atoms with E-state index in [4.69, 9.17) is 14.5 Å². The Balaban J connectivity index is 1.74. The number of aliphatic imine (C=N–C) groups is 1. The van der Waals surface area contributed by atoms with Crippen molar-refractivity contribution < 1.29 is 9.47 Å². The first-order chi connectivity index (χ1) is 15.6. The molecular formula is C23H37N7O2. The number of methoxy groups -OCH3 is 2. The molecule has 1 saturated heterocycles. The molecule has 1 aliphatic rings. The fraction of sp³-hybridized carbons (Fsp3) is 0.609. The Morgan fingerprint density at radius 1 is 1.16 bits per heavy atom. The zero-order valence-electron chi connectivity index (χ0n) is 19.8. The highest BCUT2D eigenvalue weighted by Crippen LogP contribution is 2.31. The molecule has 0 saturated carbocycles. The minimum atomic E-state index is 0.205. The van der Waals surface area contributed by atoms with E-state index in [1.54, 1.807) is 14.2 Å². The molecule has 1 fully saturated rings. The minimum Gasteiger partial charge on any atom is -0.496 e. The molecule has 0 bridgehead atoms. The smallest absolute Gasteiger partial charge is 0.191 e. The van der Waals surface area contributed by atoms with Gasteiger partial charge in [0.25, 0.3) is 0 Å². The number of hydrogen-bond donors (Lipinski definition) is 2. The summed E-state index contributed by atoms with van der Waals surface area (Å²) in [6.45, 7) is 6.80. The van der Waals surface area contributed by atoms with Gasteiger partial charge in [-0.05, 0) is 45.3 Å². The molecule has 9 heteroatoms. The Labute approximate surface area is 191 Å². The van der Waals surface area contributed by atoms with Gasteiger partial charge in [-0.25, -0.2) is 4.99 Å².